The van der Waals surface area contributed by atoms with E-state index in [0.29, 0.717) is 13.2 Å². The number of carbonyl (C=O) groups is 2. The summed E-state index contributed by atoms with van der Waals surface area (Å²) in [5.74, 6) is -2.92. The molecule has 0 aliphatic carbocycles. The average Bonchev–Trinajstić information content (AvgIpc) is 2.87. The van der Waals surface area contributed by atoms with Gasteiger partial charge >= 0.3 is 18.1 Å². The number of hydrogen-bond donors (Lipinski definition) is 3. The van der Waals surface area contributed by atoms with Crippen LogP contribution in [0, 0.1) is 13.8 Å². The third-order valence-electron chi connectivity index (χ3n) is 5.66. The maximum absolute atomic E-state index is 11.3. The summed E-state index contributed by atoms with van der Waals surface area (Å²) < 4.78 is 36.9. The van der Waals surface area contributed by atoms with Gasteiger partial charge in [0.1, 0.15) is 0 Å². The third kappa shape index (κ3) is 9.58. The highest BCUT2D eigenvalue weighted by molar-refractivity contribution is 5.96. The molecule has 0 saturated carbocycles. The van der Waals surface area contributed by atoms with E-state index in [9.17, 15) is 23.1 Å². The predicted molar refractivity (Wildman–Crippen MR) is 139 cm³/mol. The van der Waals surface area contributed by atoms with Crippen molar-refractivity contribution in [3.05, 3.63) is 59.2 Å². The van der Waals surface area contributed by atoms with Crippen LogP contribution in [0.5, 0.6) is 0 Å². The molecule has 1 aliphatic rings. The Hall–Kier alpha value is -3.80. The summed E-state index contributed by atoms with van der Waals surface area (Å²) in [5.41, 5.74) is 4.82. The summed E-state index contributed by atoms with van der Waals surface area (Å²) in [7, 11) is 1.69. The fourth-order valence-electron chi connectivity index (χ4n) is 3.69. The van der Waals surface area contributed by atoms with Crippen molar-refractivity contribution < 1.29 is 37.7 Å². The molecule has 3 rings (SSSR count). The molecule has 3 N–H and O–H groups in total. The number of methoxy groups -OCH3 is 1. The van der Waals surface area contributed by atoms with Gasteiger partial charge in [0.2, 0.25) is 0 Å². The monoisotopic (exact) mass is 538 g/mol. The molecule has 12 heteroatoms. The van der Waals surface area contributed by atoms with Gasteiger partial charge in [-0.25, -0.2) is 9.59 Å². The number of nitrogens with one attached hydrogen (secondary N) is 1. The first-order valence-corrected chi connectivity index (χ1v) is 11.9. The normalized spacial score (nSPS) is 14.0. The molecule has 1 heterocycles. The van der Waals surface area contributed by atoms with E-state index in [1.807, 2.05) is 6.07 Å². The minimum absolute atomic E-state index is 0.253. The first-order chi connectivity index (χ1) is 17.9. The van der Waals surface area contributed by atoms with Gasteiger partial charge in [0.05, 0.1) is 5.56 Å². The topological polar surface area (TPSA) is 115 Å². The molecule has 0 bridgehead atoms. The largest absolute Gasteiger partial charge is 0.490 e. The molecule has 9 nitrogen and oxygen atoms in total. The highest BCUT2D eigenvalue weighted by Gasteiger charge is 2.38. The van der Waals surface area contributed by atoms with Crippen LogP contribution in [-0.4, -0.2) is 85.6 Å². The predicted octanol–water partition coefficient (Wildman–Crippen LogP) is 4.26. The lowest BCUT2D eigenvalue weighted by atomic mass is 10.1. The molecule has 0 amide bonds. The fraction of sp³-hybridized carbons (Fsp3) is 0.423. The molecule has 208 valence electrons. The third-order valence-corrected chi connectivity index (χ3v) is 5.66. The van der Waals surface area contributed by atoms with Gasteiger partial charge in [-0.2, -0.15) is 13.2 Å². The Morgan fingerprint density at radius 3 is 2.29 bits per heavy atom. The molecule has 0 atom stereocenters. The van der Waals surface area contributed by atoms with Crippen molar-refractivity contribution in [2.75, 3.05) is 56.7 Å². The summed E-state index contributed by atoms with van der Waals surface area (Å²) in [5, 5.41) is 19.8. The highest BCUT2D eigenvalue weighted by atomic mass is 19.4. The van der Waals surface area contributed by atoms with Crippen molar-refractivity contribution in [1.82, 2.24) is 4.90 Å². The minimum atomic E-state index is -5.08. The van der Waals surface area contributed by atoms with Crippen molar-refractivity contribution in [2.45, 2.75) is 26.4 Å². The summed E-state index contributed by atoms with van der Waals surface area (Å²) in [4.78, 5) is 29.6. The summed E-state index contributed by atoms with van der Waals surface area (Å²) in [6.07, 6.45) is -4.25. The number of nitrogens with zero attached hydrogens (tertiary/aromatic N) is 3. The Labute approximate surface area is 219 Å². The van der Waals surface area contributed by atoms with Gasteiger partial charge in [-0.05, 0) is 55.7 Å². The Kier molecular flexibility index (Phi) is 11.4. The van der Waals surface area contributed by atoms with Crippen LogP contribution in [0.1, 0.15) is 27.9 Å². The molecule has 1 fully saturated rings. The first-order valence-electron chi connectivity index (χ1n) is 11.9. The fourth-order valence-corrected chi connectivity index (χ4v) is 3.69. The van der Waals surface area contributed by atoms with E-state index in [2.05, 4.69) is 47.2 Å². The molecule has 0 aromatic heterocycles. The second-order valence-corrected chi connectivity index (χ2v) is 8.63. The van der Waals surface area contributed by atoms with E-state index in [-0.39, 0.29) is 5.56 Å². The smallest absolute Gasteiger partial charge is 0.478 e. The highest BCUT2D eigenvalue weighted by Crippen LogP contribution is 2.23. The number of carboxylic acids is 2. The van der Waals surface area contributed by atoms with Crippen molar-refractivity contribution in [3.8, 4) is 0 Å². The maximum atomic E-state index is 11.3. The van der Waals surface area contributed by atoms with Gasteiger partial charge in [0.15, 0.2) is 5.96 Å². The van der Waals surface area contributed by atoms with E-state index in [4.69, 9.17) is 19.6 Å². The van der Waals surface area contributed by atoms with E-state index in [1.165, 1.54) is 16.8 Å². The number of aromatic carboxylic acids is 1. The van der Waals surface area contributed by atoms with Crippen molar-refractivity contribution in [1.29, 1.82) is 0 Å². The van der Waals surface area contributed by atoms with Crippen LogP contribution in [0.2, 0.25) is 0 Å². The van der Waals surface area contributed by atoms with E-state index >= 15 is 0 Å². The zero-order chi connectivity index (χ0) is 28.3. The molecule has 0 radical (unpaired) electrons. The number of ether oxygens (including phenoxy) is 1. The number of guanidine groups is 1. The molecule has 0 spiro atoms. The van der Waals surface area contributed by atoms with Crippen LogP contribution in [0.25, 0.3) is 0 Å². The number of piperazine rings is 1. The van der Waals surface area contributed by atoms with E-state index in [0.717, 1.165) is 44.2 Å². The summed E-state index contributed by atoms with van der Waals surface area (Å²) in [6, 6.07) is 13.4. The van der Waals surface area contributed by atoms with Gasteiger partial charge in [0, 0.05) is 57.8 Å². The molecule has 1 saturated heterocycles. The zero-order valence-corrected chi connectivity index (χ0v) is 21.6. The second kappa shape index (κ2) is 14.2. The number of aliphatic imine (C=N–C) groups is 1. The van der Waals surface area contributed by atoms with Gasteiger partial charge in [-0.3, -0.25) is 4.99 Å². The molecule has 2 aromatic rings. The van der Waals surface area contributed by atoms with Gasteiger partial charge in [0.25, 0.3) is 0 Å². The Morgan fingerprint density at radius 1 is 1.05 bits per heavy atom. The molecular formula is C26H33F3N4O5. The van der Waals surface area contributed by atoms with Gasteiger partial charge in [-0.15, -0.1) is 0 Å². The number of anilines is 2. The Bertz CT molecular complexity index is 1120. The lowest BCUT2D eigenvalue weighted by Gasteiger charge is -2.38. The van der Waals surface area contributed by atoms with Crippen LogP contribution < -0.4 is 10.2 Å². The quantitative estimate of drug-likeness (QED) is 0.272. The molecule has 2 aromatic carbocycles. The number of aliphatic carboxylic acids is 1. The number of benzene rings is 2. The summed E-state index contributed by atoms with van der Waals surface area (Å²) in [6.45, 7) is 9.05. The second-order valence-electron chi connectivity index (χ2n) is 8.63. The zero-order valence-electron chi connectivity index (χ0n) is 21.6. The van der Waals surface area contributed by atoms with Crippen molar-refractivity contribution >= 4 is 29.3 Å². The van der Waals surface area contributed by atoms with E-state index in [1.54, 1.807) is 25.3 Å². The molecule has 1 aliphatic heterocycles. The molecule has 0 unspecified atom stereocenters. The minimum Gasteiger partial charge on any atom is -0.478 e. The van der Waals surface area contributed by atoms with E-state index < -0.39 is 18.1 Å². The SMILES string of the molecule is COCCCN=C(Nc1cccc(C(=O)O)c1)N1CCN(c2cc(C)ccc2C)CC1.O=C(O)C(F)(F)F. The van der Waals surface area contributed by atoms with Crippen LogP contribution in [0.3, 0.4) is 0 Å². The number of alkyl halides is 3. The Morgan fingerprint density at radius 2 is 1.71 bits per heavy atom. The van der Waals surface area contributed by atoms with Crippen LogP contribution >= 0.6 is 0 Å². The lowest BCUT2D eigenvalue weighted by Crippen LogP contribution is -2.51. The van der Waals surface area contributed by atoms with Crippen LogP contribution in [0.4, 0.5) is 24.5 Å². The van der Waals surface area contributed by atoms with Gasteiger partial charge < -0.3 is 30.1 Å². The number of hydrogen-bond acceptors (Lipinski definition) is 5. The average molecular weight is 539 g/mol. The summed E-state index contributed by atoms with van der Waals surface area (Å²) >= 11 is 0. The van der Waals surface area contributed by atoms with Crippen LogP contribution in [0.15, 0.2) is 47.5 Å². The lowest BCUT2D eigenvalue weighted by molar-refractivity contribution is -0.192. The molecular weight excluding hydrogens is 505 g/mol. The maximum Gasteiger partial charge on any atom is 0.490 e. The standard InChI is InChI=1S/C24H32N4O3.C2HF3O2/c1-18-8-9-19(2)22(16-18)27-11-13-28(14-12-27)24(25-10-5-15-31-3)26-21-7-4-6-20(17-21)23(29)30;3-2(4,5)1(6)7/h4,6-9,16-17H,5,10-15H2,1-3H3,(H,25,26)(H,29,30);(H,6,7). The first kappa shape index (κ1) is 30.4. The van der Waals surface area contributed by atoms with Crippen molar-refractivity contribution in [2.24, 2.45) is 4.99 Å². The number of aryl methyl sites for hydroxylation is 2. The number of halogens is 3. The Balaban J connectivity index is 0.000000638. The van der Waals surface area contributed by atoms with Crippen LogP contribution in [-0.2, 0) is 9.53 Å². The molecule has 38 heavy (non-hydrogen) atoms. The number of rotatable bonds is 7. The van der Waals surface area contributed by atoms with Crippen molar-refractivity contribution in [3.63, 3.8) is 0 Å². The van der Waals surface area contributed by atoms with Gasteiger partial charge in [-0.1, -0.05) is 18.2 Å². The number of carboxylic acid groups (broad SMARTS) is 2.